The molecule has 4 nitrogen and oxygen atoms in total. The Hall–Kier alpha value is 0.886. The van der Waals surface area contributed by atoms with E-state index in [-0.39, 0.29) is 23.1 Å². The Bertz CT molecular complexity index is 30.7. The normalized spacial score (nSPS) is 6.00. The highest BCUT2D eigenvalue weighted by Crippen LogP contribution is 1.66. The van der Waals surface area contributed by atoms with E-state index in [9.17, 15) is 0 Å². The summed E-state index contributed by atoms with van der Waals surface area (Å²) in [6, 6.07) is 0. The Balaban J connectivity index is -0.0000000400. The van der Waals surface area contributed by atoms with Crippen LogP contribution in [-0.2, 0) is 9.13 Å². The minimum Gasteiger partial charge on any atom is -0.310 e. The van der Waals surface area contributed by atoms with Gasteiger partial charge in [0.15, 0.2) is 0 Å². The standard InChI is InChI=1S/Mg.2HO2P/c;2*1-3-2/h;2*(H,1,2). The van der Waals surface area contributed by atoms with Crippen molar-refractivity contribution in [3.05, 3.63) is 0 Å². The van der Waals surface area contributed by atoms with Crippen LogP contribution >= 0.6 is 17.4 Å². The van der Waals surface area contributed by atoms with Gasteiger partial charge in [0.25, 0.3) is 0 Å². The summed E-state index contributed by atoms with van der Waals surface area (Å²) in [5.41, 5.74) is 0. The summed E-state index contributed by atoms with van der Waals surface area (Å²) in [5, 5.41) is 0. The van der Waals surface area contributed by atoms with E-state index in [4.69, 9.17) is 18.9 Å². The zero-order chi connectivity index (χ0) is 5.41. The summed E-state index contributed by atoms with van der Waals surface area (Å²) >= 11 is 0. The molecule has 2 N–H and O–H groups in total. The van der Waals surface area contributed by atoms with Gasteiger partial charge in [-0.1, -0.05) is 0 Å². The van der Waals surface area contributed by atoms with Gasteiger partial charge in [0.2, 0.25) is 0 Å². The van der Waals surface area contributed by atoms with E-state index >= 15 is 0 Å². The molecule has 0 fully saturated rings. The van der Waals surface area contributed by atoms with Crippen LogP contribution in [0.25, 0.3) is 0 Å². The average molecular weight is 152 g/mol. The fourth-order valence-electron chi connectivity index (χ4n) is 0. The highest BCUT2D eigenvalue weighted by atomic mass is 31.1. The average Bonchev–Trinajstić information content (AvgIpc) is 1.39. The Kier molecular flexibility index (Phi) is 64.1. The van der Waals surface area contributed by atoms with Gasteiger partial charge in [0.05, 0.1) is 0 Å². The quantitative estimate of drug-likeness (QED) is 0.378. The molecule has 0 atom stereocenters. The molecule has 0 rings (SSSR count). The molecule has 0 aromatic carbocycles. The Morgan fingerprint density at radius 3 is 1.00 bits per heavy atom. The van der Waals surface area contributed by atoms with Crippen molar-refractivity contribution in [2.75, 3.05) is 0 Å². The zero-order valence-corrected chi connectivity index (χ0v) is 6.52. The second kappa shape index (κ2) is 28.6. The Labute approximate surface area is 59.7 Å². The van der Waals surface area contributed by atoms with Gasteiger partial charge in [-0.25, -0.2) is 9.13 Å². The molecule has 0 aliphatic rings. The van der Waals surface area contributed by atoms with Crippen LogP contribution in [0.4, 0.5) is 0 Å². The molecular formula is H2MgO4P2. The van der Waals surface area contributed by atoms with E-state index < -0.39 is 17.4 Å². The molecule has 0 aromatic heterocycles. The van der Waals surface area contributed by atoms with E-state index in [0.29, 0.717) is 0 Å². The lowest BCUT2D eigenvalue weighted by molar-refractivity contribution is 0.523. The molecule has 0 spiro atoms. The third-order valence-corrected chi connectivity index (χ3v) is 0. The monoisotopic (exact) mass is 152 g/mol. The van der Waals surface area contributed by atoms with Crippen molar-refractivity contribution in [1.82, 2.24) is 0 Å². The largest absolute Gasteiger partial charge is 0.324 e. The first-order chi connectivity index (χ1) is 2.83. The lowest BCUT2D eigenvalue weighted by Gasteiger charge is -1.24. The first kappa shape index (κ1) is 15.7. The van der Waals surface area contributed by atoms with Crippen molar-refractivity contribution in [3.8, 4) is 0 Å². The molecule has 7 heavy (non-hydrogen) atoms. The zero-order valence-electron chi connectivity index (χ0n) is 3.31. The van der Waals surface area contributed by atoms with Crippen LogP contribution in [-0.4, -0.2) is 32.8 Å². The van der Waals surface area contributed by atoms with Crippen LogP contribution in [0.3, 0.4) is 0 Å². The molecule has 0 unspecified atom stereocenters. The van der Waals surface area contributed by atoms with E-state index in [2.05, 4.69) is 0 Å². The molecule has 38 valence electrons. The highest BCUT2D eigenvalue weighted by molar-refractivity contribution is 7.16. The summed E-state index contributed by atoms with van der Waals surface area (Å²) in [4.78, 5) is 14.0. The van der Waals surface area contributed by atoms with Crippen molar-refractivity contribution >= 4 is 40.4 Å². The number of hydrogen-bond acceptors (Lipinski definition) is 2. The van der Waals surface area contributed by atoms with Gasteiger partial charge in [-0.05, 0) is 0 Å². The van der Waals surface area contributed by atoms with Crippen LogP contribution < -0.4 is 0 Å². The van der Waals surface area contributed by atoms with Crippen molar-refractivity contribution < 1.29 is 18.9 Å². The summed E-state index contributed by atoms with van der Waals surface area (Å²) < 4.78 is 16.9. The van der Waals surface area contributed by atoms with E-state index in [1.165, 1.54) is 0 Å². The summed E-state index contributed by atoms with van der Waals surface area (Å²) in [5.74, 6) is 0. The van der Waals surface area contributed by atoms with Crippen molar-refractivity contribution in [2.24, 2.45) is 0 Å². The van der Waals surface area contributed by atoms with Gasteiger partial charge in [0, 0.05) is 23.1 Å². The van der Waals surface area contributed by atoms with Gasteiger partial charge in [-0.2, -0.15) is 0 Å². The maximum Gasteiger partial charge on any atom is 0.324 e. The second-order valence-electron chi connectivity index (χ2n) is 0.163. The van der Waals surface area contributed by atoms with Crippen molar-refractivity contribution in [1.29, 1.82) is 0 Å². The second-order valence-corrected chi connectivity index (χ2v) is 0.490. The minimum absolute atomic E-state index is 0. The molecule has 0 saturated heterocycles. The molecule has 0 amide bonds. The Morgan fingerprint density at radius 1 is 1.00 bits per heavy atom. The minimum atomic E-state index is -0.833. The van der Waals surface area contributed by atoms with Gasteiger partial charge >= 0.3 is 17.4 Å². The SMILES string of the molecule is O=PO.O=PO.[Mg]. The molecule has 0 heterocycles. The third-order valence-electron chi connectivity index (χ3n) is 0. The first-order valence-corrected chi connectivity index (χ1v) is 2.30. The predicted octanol–water partition coefficient (Wildman–Crippen LogP) is -0.0100. The third kappa shape index (κ3) is 209. The molecular weight excluding hydrogens is 150 g/mol. The molecule has 7 heteroatoms. The molecule has 2 radical (unpaired) electrons. The molecule has 0 aromatic rings. The lowest BCUT2D eigenvalue weighted by atomic mass is 15.9. The number of rotatable bonds is 0. The Morgan fingerprint density at radius 2 is 1.00 bits per heavy atom. The van der Waals surface area contributed by atoms with E-state index in [1.807, 2.05) is 0 Å². The van der Waals surface area contributed by atoms with E-state index in [1.54, 1.807) is 0 Å². The topological polar surface area (TPSA) is 74.6 Å². The first-order valence-electron chi connectivity index (χ1n) is 0.765. The maximum absolute atomic E-state index is 8.46. The summed E-state index contributed by atoms with van der Waals surface area (Å²) in [7, 11) is -1.67. The fraction of sp³-hybridized carbons (Fsp3) is 0. The molecule has 0 aliphatic carbocycles. The van der Waals surface area contributed by atoms with Gasteiger partial charge in [-0.15, -0.1) is 0 Å². The fourth-order valence-corrected chi connectivity index (χ4v) is 0. The lowest BCUT2D eigenvalue weighted by Crippen LogP contribution is -1.03. The van der Waals surface area contributed by atoms with Crippen LogP contribution in [0.1, 0.15) is 0 Å². The van der Waals surface area contributed by atoms with Gasteiger partial charge in [0.1, 0.15) is 0 Å². The van der Waals surface area contributed by atoms with Crippen molar-refractivity contribution in [3.63, 3.8) is 0 Å². The predicted molar refractivity (Wildman–Crippen MR) is 25.4 cm³/mol. The smallest absolute Gasteiger partial charge is 0.310 e. The molecule has 0 aliphatic heterocycles. The van der Waals surface area contributed by atoms with Crippen LogP contribution in [0.5, 0.6) is 0 Å². The van der Waals surface area contributed by atoms with Crippen LogP contribution in [0.2, 0.25) is 0 Å². The van der Waals surface area contributed by atoms with Gasteiger partial charge in [-0.3, -0.25) is 0 Å². The van der Waals surface area contributed by atoms with Crippen molar-refractivity contribution in [2.45, 2.75) is 0 Å². The van der Waals surface area contributed by atoms with Gasteiger partial charge < -0.3 is 9.79 Å². The summed E-state index contributed by atoms with van der Waals surface area (Å²) in [6.45, 7) is 0. The maximum atomic E-state index is 8.46. The molecule has 0 bridgehead atoms. The highest BCUT2D eigenvalue weighted by Gasteiger charge is 1.28. The summed E-state index contributed by atoms with van der Waals surface area (Å²) in [6.07, 6.45) is 0. The van der Waals surface area contributed by atoms with Crippen LogP contribution in [0, 0.1) is 0 Å². The van der Waals surface area contributed by atoms with Crippen LogP contribution in [0.15, 0.2) is 0 Å². The molecule has 0 saturated carbocycles. The number of hydrogen-bond donors (Lipinski definition) is 2. The van der Waals surface area contributed by atoms with E-state index in [0.717, 1.165) is 0 Å².